The first-order valence-electron chi connectivity index (χ1n) is 8.75. The van der Waals surface area contributed by atoms with Gasteiger partial charge in [0.2, 0.25) is 0 Å². The van der Waals surface area contributed by atoms with Crippen LogP contribution in [-0.2, 0) is 9.47 Å². The van der Waals surface area contributed by atoms with Gasteiger partial charge in [-0.2, -0.15) is 0 Å². The van der Waals surface area contributed by atoms with Crippen molar-refractivity contribution >= 4 is 13.3 Å². The van der Waals surface area contributed by atoms with Gasteiger partial charge in [0.1, 0.15) is 0 Å². The summed E-state index contributed by atoms with van der Waals surface area (Å²) in [6.45, 7) is 13.2. The first kappa shape index (κ1) is 18.5. The van der Waals surface area contributed by atoms with Crippen LogP contribution in [0.5, 0.6) is 0 Å². The van der Waals surface area contributed by atoms with Crippen molar-refractivity contribution in [2.24, 2.45) is 0 Å². The van der Waals surface area contributed by atoms with Crippen molar-refractivity contribution in [3.8, 4) is 0 Å². The van der Waals surface area contributed by atoms with Crippen LogP contribution in [0.15, 0.2) is 0 Å². The minimum Gasteiger partial charge on any atom is -0.373 e. The summed E-state index contributed by atoms with van der Waals surface area (Å²) in [4.78, 5) is 2.39. The summed E-state index contributed by atoms with van der Waals surface area (Å²) in [7, 11) is 0.887. The van der Waals surface area contributed by atoms with E-state index in [1.807, 2.05) is 0 Å². The number of ether oxygens (including phenoxy) is 2. The fraction of sp³-hybridized carbons (Fsp3) is 0.941. The number of rotatable bonds is 5. The molecule has 22 heavy (non-hydrogen) atoms. The molecule has 2 fully saturated rings. The van der Waals surface area contributed by atoms with E-state index in [4.69, 9.17) is 9.47 Å². The topological polar surface area (TPSA) is 24.9 Å². The lowest BCUT2D eigenvalue weighted by Crippen LogP contribution is -2.46. The second kappa shape index (κ2) is 7.81. The maximum absolute atomic E-state index is 6.11. The van der Waals surface area contributed by atoms with Gasteiger partial charge < -0.3 is 14.4 Å². The molecular formula is C17H35N2O2P. The Morgan fingerprint density at radius 1 is 1.05 bits per heavy atom. The van der Waals surface area contributed by atoms with Crippen molar-refractivity contribution in [2.75, 3.05) is 46.1 Å². The van der Waals surface area contributed by atoms with Crippen LogP contribution in [0.25, 0.3) is 0 Å². The largest absolute Gasteiger partial charge is 0.373 e. The zero-order valence-electron chi connectivity index (χ0n) is 15.1. The molecule has 2 aliphatic heterocycles. The van der Waals surface area contributed by atoms with Gasteiger partial charge in [0, 0.05) is 26.2 Å². The van der Waals surface area contributed by atoms with Crippen LogP contribution in [0.1, 0.15) is 33.6 Å². The third-order valence-electron chi connectivity index (χ3n) is 4.89. The highest BCUT2D eigenvalue weighted by molar-refractivity contribution is 7.70. The summed E-state index contributed by atoms with van der Waals surface area (Å²) in [5.41, 5.74) is 0. The molecule has 2 saturated heterocycles. The van der Waals surface area contributed by atoms with Crippen molar-refractivity contribution in [1.82, 2.24) is 9.57 Å². The second-order valence-corrected chi connectivity index (χ2v) is 11.2. The molecule has 0 bridgehead atoms. The fourth-order valence-electron chi connectivity index (χ4n) is 3.64. The van der Waals surface area contributed by atoms with E-state index >= 15 is 0 Å². The van der Waals surface area contributed by atoms with E-state index in [0.717, 1.165) is 39.0 Å². The van der Waals surface area contributed by atoms with Gasteiger partial charge in [-0.05, 0) is 46.6 Å². The van der Waals surface area contributed by atoms with Crippen molar-refractivity contribution in [3.05, 3.63) is 0 Å². The molecule has 0 amide bonds. The Bertz CT molecular complexity index is 394. The maximum Gasteiger partial charge on any atom is 0.0709 e. The van der Waals surface area contributed by atoms with Crippen LogP contribution < -0.4 is 0 Å². The Labute approximate surface area is 137 Å². The molecule has 2 rings (SSSR count). The summed E-state index contributed by atoms with van der Waals surface area (Å²) < 4.78 is 14.7. The first-order valence-corrected chi connectivity index (χ1v) is 11.3. The molecule has 0 saturated carbocycles. The van der Waals surface area contributed by atoms with Crippen molar-refractivity contribution in [2.45, 2.75) is 58.0 Å². The first-order chi connectivity index (χ1) is 10.3. The molecule has 0 spiro atoms. The summed E-state index contributed by atoms with van der Waals surface area (Å²) in [6, 6.07) is 0. The number of likely N-dealkylation sites (N-methyl/N-ethyl adjacent to an activating group) is 1. The van der Waals surface area contributed by atoms with E-state index in [9.17, 15) is 0 Å². The number of hydrogen-bond donors (Lipinski definition) is 0. The Kier molecular flexibility index (Phi) is 6.56. The molecule has 0 radical (unpaired) electrons. The average molecular weight is 330 g/mol. The lowest BCUT2D eigenvalue weighted by atomic mass is 10.2. The Morgan fingerprint density at radius 3 is 2.32 bits per heavy atom. The predicted octanol–water partition coefficient (Wildman–Crippen LogP) is 2.59. The third kappa shape index (κ3) is 5.07. The normalized spacial score (nSPS) is 37.9. The fourth-order valence-corrected chi connectivity index (χ4v) is 5.97. The van der Waals surface area contributed by atoms with Gasteiger partial charge in [-0.1, -0.05) is 20.3 Å². The smallest absolute Gasteiger partial charge is 0.0709 e. The number of morpholine rings is 2. The predicted molar refractivity (Wildman–Crippen MR) is 97.5 cm³/mol. The lowest BCUT2D eigenvalue weighted by molar-refractivity contribution is -0.0703. The summed E-state index contributed by atoms with van der Waals surface area (Å²) in [6.07, 6.45) is 9.47. The second-order valence-electron chi connectivity index (χ2n) is 7.49. The van der Waals surface area contributed by atoms with Crippen molar-refractivity contribution < 1.29 is 9.47 Å². The highest BCUT2D eigenvalue weighted by Gasteiger charge is 2.30. The molecule has 130 valence electrons. The zero-order valence-corrected chi connectivity index (χ0v) is 16.0. The van der Waals surface area contributed by atoms with E-state index in [1.54, 1.807) is 0 Å². The molecule has 0 N–H and O–H groups in total. The van der Waals surface area contributed by atoms with E-state index in [-0.39, 0.29) is 0 Å². The highest BCUT2D eigenvalue weighted by atomic mass is 31.2. The van der Waals surface area contributed by atoms with Crippen molar-refractivity contribution in [3.63, 3.8) is 0 Å². The van der Waals surface area contributed by atoms with Gasteiger partial charge in [-0.15, -0.1) is 0 Å². The van der Waals surface area contributed by atoms with Crippen LogP contribution in [0.3, 0.4) is 0 Å². The molecular weight excluding hydrogens is 295 g/mol. The van der Waals surface area contributed by atoms with E-state index in [1.165, 1.54) is 6.16 Å². The summed E-state index contributed by atoms with van der Waals surface area (Å²) in [5.74, 6) is 0. The van der Waals surface area contributed by atoms with Crippen molar-refractivity contribution in [1.29, 1.82) is 0 Å². The molecule has 0 aromatic carbocycles. The van der Waals surface area contributed by atoms with Gasteiger partial charge in [0.05, 0.1) is 24.4 Å². The summed E-state index contributed by atoms with van der Waals surface area (Å²) >= 11 is 0. The van der Waals surface area contributed by atoms with Crippen LogP contribution in [0.2, 0.25) is 0 Å². The van der Waals surface area contributed by atoms with Crippen LogP contribution in [-0.4, -0.2) is 86.3 Å². The van der Waals surface area contributed by atoms with E-state index in [0.29, 0.717) is 24.4 Å². The quantitative estimate of drug-likeness (QED) is 0.724. The zero-order chi connectivity index (χ0) is 16.3. The molecule has 0 aromatic heterocycles. The average Bonchev–Trinajstić information content (AvgIpc) is 2.43. The molecule has 2 aliphatic rings. The SMILES string of the molecule is C=P(C)(CCC1CN(C)CC(C)O1)N1CC(C)OC(CC)C1. The highest BCUT2D eigenvalue weighted by Crippen LogP contribution is 2.47. The minimum absolute atomic E-state index is 0.330. The molecule has 2 heterocycles. The lowest BCUT2D eigenvalue weighted by Gasteiger charge is -2.44. The molecule has 0 aliphatic carbocycles. The number of nitrogens with zero attached hydrogens (tertiary/aromatic N) is 2. The van der Waals surface area contributed by atoms with E-state index < -0.39 is 7.04 Å². The van der Waals surface area contributed by atoms with Gasteiger partial charge >= 0.3 is 0 Å². The van der Waals surface area contributed by atoms with E-state index in [2.05, 4.69) is 50.4 Å². The molecule has 4 nitrogen and oxygen atoms in total. The minimum atomic E-state index is -1.31. The Balaban J connectivity index is 1.88. The van der Waals surface area contributed by atoms with Crippen LogP contribution in [0, 0.1) is 0 Å². The molecule has 5 unspecified atom stereocenters. The van der Waals surface area contributed by atoms with Gasteiger partial charge in [0.25, 0.3) is 0 Å². The number of hydrogen-bond acceptors (Lipinski definition) is 4. The third-order valence-corrected chi connectivity index (χ3v) is 7.80. The standard InChI is InChI=1S/C17H35N2O2P/c1-7-16-13-19(11-15(3)20-16)22(5,6)9-8-17-12-18(4)10-14(2)21-17/h14-17H,5,7-13H2,1-4,6H3. The van der Waals surface area contributed by atoms with Gasteiger partial charge in [0.15, 0.2) is 0 Å². The van der Waals surface area contributed by atoms with Gasteiger partial charge in [-0.3, -0.25) is 4.67 Å². The molecule has 0 aromatic rings. The Morgan fingerprint density at radius 2 is 1.68 bits per heavy atom. The maximum atomic E-state index is 6.11. The van der Waals surface area contributed by atoms with Crippen LogP contribution >= 0.6 is 7.04 Å². The van der Waals surface area contributed by atoms with Gasteiger partial charge in [-0.25, -0.2) is 0 Å². The van der Waals surface area contributed by atoms with Crippen LogP contribution in [0.4, 0.5) is 0 Å². The molecule has 5 heteroatoms. The summed E-state index contributed by atoms with van der Waals surface area (Å²) in [5, 5.41) is 0. The molecule has 5 atom stereocenters. The Hall–Kier alpha value is 0.140. The monoisotopic (exact) mass is 330 g/mol.